The lowest BCUT2D eigenvalue weighted by molar-refractivity contribution is -0.160. The first-order valence-electron chi connectivity index (χ1n) is 14.4. The highest BCUT2D eigenvalue weighted by molar-refractivity contribution is 5.99. The highest BCUT2D eigenvalue weighted by Gasteiger charge is 2.73. The summed E-state index contributed by atoms with van der Waals surface area (Å²) in [5.41, 5.74) is -1.20. The average molecular weight is 566 g/mol. The lowest BCUT2D eigenvalue weighted by Gasteiger charge is -2.41. The molecule has 41 heavy (non-hydrogen) atoms. The van der Waals surface area contributed by atoms with E-state index in [9.17, 15) is 24.3 Å². The van der Waals surface area contributed by atoms with Gasteiger partial charge < -0.3 is 29.7 Å². The molecular formula is C31H39N3O7. The van der Waals surface area contributed by atoms with E-state index in [1.54, 1.807) is 17.1 Å². The van der Waals surface area contributed by atoms with E-state index in [0.29, 0.717) is 12.0 Å². The van der Waals surface area contributed by atoms with Gasteiger partial charge in [-0.3, -0.25) is 19.2 Å². The first kappa shape index (κ1) is 29.0. The van der Waals surface area contributed by atoms with Crippen LogP contribution in [0.15, 0.2) is 54.6 Å². The van der Waals surface area contributed by atoms with E-state index >= 15 is 0 Å². The number of fused-ring (bicyclic) bond motifs is 2. The van der Waals surface area contributed by atoms with Gasteiger partial charge in [-0.05, 0) is 39.2 Å². The van der Waals surface area contributed by atoms with Gasteiger partial charge in [0.2, 0.25) is 17.7 Å². The van der Waals surface area contributed by atoms with E-state index in [2.05, 4.69) is 5.32 Å². The van der Waals surface area contributed by atoms with Crippen molar-refractivity contribution in [2.24, 2.45) is 11.8 Å². The van der Waals surface area contributed by atoms with Gasteiger partial charge in [-0.25, -0.2) is 0 Å². The number of rotatable bonds is 4. The zero-order valence-electron chi connectivity index (χ0n) is 23.8. The van der Waals surface area contributed by atoms with Gasteiger partial charge in [0.25, 0.3) is 0 Å². The number of aliphatic hydroxyl groups is 1. The Morgan fingerprint density at radius 2 is 1.83 bits per heavy atom. The zero-order valence-corrected chi connectivity index (χ0v) is 23.8. The van der Waals surface area contributed by atoms with Crippen molar-refractivity contribution >= 4 is 23.7 Å². The summed E-state index contributed by atoms with van der Waals surface area (Å²) in [6, 6.07) is 8.15. The Balaban J connectivity index is 1.57. The number of likely N-dealkylation sites (tertiary alicyclic amines) is 1. The third kappa shape index (κ3) is 5.30. The summed E-state index contributed by atoms with van der Waals surface area (Å²) in [5.74, 6) is -3.35. The molecule has 10 nitrogen and oxygen atoms in total. The van der Waals surface area contributed by atoms with Crippen LogP contribution in [0.2, 0.25) is 0 Å². The Hall–Kier alpha value is -3.50. The second-order valence-corrected chi connectivity index (χ2v) is 12.1. The number of cyclic esters (lactones) is 1. The van der Waals surface area contributed by atoms with E-state index in [-0.39, 0.29) is 56.8 Å². The molecule has 6 atom stereocenters. The smallest absolute Gasteiger partial charge is 0.313 e. The summed E-state index contributed by atoms with van der Waals surface area (Å²) in [7, 11) is 0. The Morgan fingerprint density at radius 3 is 2.54 bits per heavy atom. The average Bonchev–Trinajstić information content (AvgIpc) is 3.58. The monoisotopic (exact) mass is 565 g/mol. The maximum atomic E-state index is 14.4. The minimum Gasteiger partial charge on any atom is -0.455 e. The van der Waals surface area contributed by atoms with Crippen molar-refractivity contribution in [3.8, 4) is 0 Å². The Morgan fingerprint density at radius 1 is 1.07 bits per heavy atom. The quantitative estimate of drug-likeness (QED) is 0.422. The predicted octanol–water partition coefficient (Wildman–Crippen LogP) is 1.90. The van der Waals surface area contributed by atoms with Crippen LogP contribution in [-0.4, -0.2) is 88.1 Å². The number of amides is 3. The second-order valence-electron chi connectivity index (χ2n) is 12.1. The lowest BCUT2D eigenvalue weighted by Crippen LogP contribution is -2.59. The molecule has 2 N–H and O–H groups in total. The third-order valence-electron chi connectivity index (χ3n) is 8.42. The van der Waals surface area contributed by atoms with Crippen LogP contribution in [0.5, 0.6) is 0 Å². The summed E-state index contributed by atoms with van der Waals surface area (Å²) < 4.78 is 12.4. The molecule has 0 aliphatic carbocycles. The van der Waals surface area contributed by atoms with Gasteiger partial charge >= 0.3 is 5.97 Å². The van der Waals surface area contributed by atoms with Gasteiger partial charge in [0, 0.05) is 31.7 Å². The molecular weight excluding hydrogens is 526 g/mol. The normalized spacial score (nSPS) is 33.1. The Labute approximate surface area is 240 Å². The summed E-state index contributed by atoms with van der Waals surface area (Å²) >= 11 is 0. The van der Waals surface area contributed by atoms with Gasteiger partial charge in [-0.2, -0.15) is 0 Å². The highest BCUT2D eigenvalue weighted by atomic mass is 16.6. The Bertz CT molecular complexity index is 1240. The summed E-state index contributed by atoms with van der Waals surface area (Å²) in [6.07, 6.45) is 6.76. The molecule has 0 saturated carbocycles. The molecule has 220 valence electrons. The van der Waals surface area contributed by atoms with Crippen LogP contribution in [-0.2, 0) is 28.7 Å². The highest BCUT2D eigenvalue weighted by Crippen LogP contribution is 2.56. The maximum Gasteiger partial charge on any atom is 0.313 e. The van der Waals surface area contributed by atoms with E-state index in [1.165, 1.54) is 4.90 Å². The number of hydrogen-bond acceptors (Lipinski definition) is 7. The van der Waals surface area contributed by atoms with Gasteiger partial charge in [0.15, 0.2) is 0 Å². The van der Waals surface area contributed by atoms with E-state index in [1.807, 2.05) is 63.3 Å². The minimum absolute atomic E-state index is 0.0810. The van der Waals surface area contributed by atoms with E-state index in [4.69, 9.17) is 9.47 Å². The topological polar surface area (TPSA) is 125 Å². The van der Waals surface area contributed by atoms with Gasteiger partial charge in [-0.1, -0.05) is 54.6 Å². The van der Waals surface area contributed by atoms with Crippen LogP contribution in [0.1, 0.15) is 51.7 Å². The standard InChI is InChI=1S/C31H39N3O7/c1-30(2,3)34-17-9-5-8-13-23(36)32-19-22(20-11-6-4-7-12-20)40-29(39)24-21-14-15-31(41-21)25(24)27(37)33(16-10-18-35)26(31)28(34)38/h4-7,9,11-12,14-15,21-22,24-26,35H,8,10,13,16-19H2,1-3H3,(H,32,36)/b9-5-/t21-,22-,24+,25+,26-,31+/m0/s1. The molecule has 1 aromatic carbocycles. The van der Waals surface area contributed by atoms with Crippen LogP contribution in [0.4, 0.5) is 0 Å². The number of benzene rings is 1. The molecule has 0 aromatic heterocycles. The molecule has 1 aromatic rings. The SMILES string of the molecule is CC(C)(C)N1C/C=C\CCC(=O)NC[C@@H](c2ccccc2)OC(=O)[C@@H]2[C@@H]3C=C[C@]4(O3)[C@H](C1=O)N(CCCO)C(=O)[C@@H]24. The van der Waals surface area contributed by atoms with Crippen molar-refractivity contribution in [1.29, 1.82) is 0 Å². The first-order chi connectivity index (χ1) is 19.6. The number of ether oxygens (including phenoxy) is 2. The fraction of sp³-hybridized carbons (Fsp3) is 0.548. The predicted molar refractivity (Wildman–Crippen MR) is 149 cm³/mol. The van der Waals surface area contributed by atoms with E-state index in [0.717, 1.165) is 0 Å². The molecule has 3 amide bonds. The van der Waals surface area contributed by atoms with Gasteiger partial charge in [0.1, 0.15) is 23.7 Å². The largest absolute Gasteiger partial charge is 0.455 e. The molecule has 5 rings (SSSR count). The molecule has 4 heterocycles. The van der Waals surface area contributed by atoms with Crippen molar-refractivity contribution in [2.75, 3.05) is 26.2 Å². The fourth-order valence-corrected chi connectivity index (χ4v) is 6.46. The molecule has 0 unspecified atom stereocenters. The fourth-order valence-electron chi connectivity index (χ4n) is 6.46. The zero-order chi connectivity index (χ0) is 29.4. The van der Waals surface area contributed by atoms with Crippen LogP contribution in [0.25, 0.3) is 0 Å². The van der Waals surface area contributed by atoms with Crippen molar-refractivity contribution in [2.45, 2.75) is 69.4 Å². The van der Waals surface area contributed by atoms with Gasteiger partial charge in [0.05, 0.1) is 18.6 Å². The molecule has 1 spiro atoms. The molecule has 0 radical (unpaired) electrons. The first-order valence-corrected chi connectivity index (χ1v) is 14.4. The van der Waals surface area contributed by atoms with Crippen LogP contribution in [0.3, 0.4) is 0 Å². The van der Waals surface area contributed by atoms with Crippen molar-refractivity contribution in [1.82, 2.24) is 15.1 Å². The molecule has 2 fully saturated rings. The number of esters is 1. The number of aliphatic hydroxyl groups excluding tert-OH is 1. The van der Waals surface area contributed by atoms with Crippen molar-refractivity contribution in [3.63, 3.8) is 0 Å². The molecule has 2 saturated heterocycles. The molecule has 5 bridgehead atoms. The van der Waals surface area contributed by atoms with E-state index < -0.39 is 47.2 Å². The van der Waals surface area contributed by atoms with Crippen molar-refractivity contribution < 1.29 is 33.8 Å². The minimum atomic E-state index is -1.32. The van der Waals surface area contributed by atoms with Crippen LogP contribution in [0, 0.1) is 11.8 Å². The van der Waals surface area contributed by atoms with Crippen LogP contribution >= 0.6 is 0 Å². The number of allylic oxidation sites excluding steroid dienone is 1. The maximum absolute atomic E-state index is 14.4. The number of carbonyl (C=O) groups excluding carboxylic acids is 4. The molecule has 4 aliphatic rings. The lowest BCUT2D eigenvalue weighted by atomic mass is 9.74. The third-order valence-corrected chi connectivity index (χ3v) is 8.42. The molecule has 4 aliphatic heterocycles. The number of nitrogens with one attached hydrogen (secondary N) is 1. The second kappa shape index (κ2) is 11.4. The molecule has 10 heteroatoms. The number of hydrogen-bond donors (Lipinski definition) is 2. The number of carbonyl (C=O) groups is 4. The van der Waals surface area contributed by atoms with Gasteiger partial charge in [-0.15, -0.1) is 0 Å². The summed E-state index contributed by atoms with van der Waals surface area (Å²) in [4.78, 5) is 58.1. The number of nitrogens with zero attached hydrogens (tertiary/aromatic N) is 2. The van der Waals surface area contributed by atoms with Crippen molar-refractivity contribution in [3.05, 3.63) is 60.2 Å². The Kier molecular flexibility index (Phi) is 8.07. The summed E-state index contributed by atoms with van der Waals surface area (Å²) in [5, 5.41) is 12.5. The summed E-state index contributed by atoms with van der Waals surface area (Å²) in [6.45, 7) is 6.13. The van der Waals surface area contributed by atoms with Crippen LogP contribution < -0.4 is 5.32 Å².